The highest BCUT2D eigenvalue weighted by Crippen LogP contribution is 2.40. The molecule has 1 aliphatic carbocycles. The van der Waals surface area contributed by atoms with E-state index in [2.05, 4.69) is 0 Å². The van der Waals surface area contributed by atoms with Crippen molar-refractivity contribution in [2.75, 3.05) is 0 Å². The van der Waals surface area contributed by atoms with Gasteiger partial charge in [0.05, 0.1) is 5.41 Å². The summed E-state index contributed by atoms with van der Waals surface area (Å²) in [7, 11) is 0. The zero-order valence-electron chi connectivity index (χ0n) is 10.6. The first kappa shape index (κ1) is 12.9. The maximum Gasteiger partial charge on any atom is 0.309 e. The molecule has 0 aliphatic heterocycles. The Morgan fingerprint density at radius 3 is 2.44 bits per heavy atom. The van der Waals surface area contributed by atoms with Gasteiger partial charge in [-0.05, 0) is 24.8 Å². The number of hydrogen-bond donors (Lipinski definition) is 1. The van der Waals surface area contributed by atoms with E-state index in [0.717, 1.165) is 31.2 Å². The van der Waals surface area contributed by atoms with Gasteiger partial charge in [-0.3, -0.25) is 4.79 Å². The molecule has 96 valence electrons. The average Bonchev–Trinajstić information content (AvgIpc) is 2.41. The highest BCUT2D eigenvalue weighted by molar-refractivity contribution is 5.75. The molecule has 1 saturated carbocycles. The summed E-state index contributed by atoms with van der Waals surface area (Å²) in [5.41, 5.74) is 0.623. The molecule has 2 rings (SSSR count). The van der Waals surface area contributed by atoms with E-state index in [1.807, 2.05) is 42.5 Å². The van der Waals surface area contributed by atoms with Gasteiger partial charge in [0.2, 0.25) is 0 Å². The summed E-state index contributed by atoms with van der Waals surface area (Å²) < 4.78 is 0. The van der Waals surface area contributed by atoms with Gasteiger partial charge in [0.25, 0.3) is 0 Å². The average molecular weight is 244 g/mol. The first-order valence-electron chi connectivity index (χ1n) is 6.68. The monoisotopic (exact) mass is 244 g/mol. The Balaban J connectivity index is 2.02. The number of carboxylic acid groups (broad SMARTS) is 1. The highest BCUT2D eigenvalue weighted by atomic mass is 16.4. The van der Waals surface area contributed by atoms with E-state index in [0.29, 0.717) is 6.42 Å². The van der Waals surface area contributed by atoms with E-state index in [1.54, 1.807) is 0 Å². The molecule has 0 heterocycles. The maximum atomic E-state index is 11.5. The molecular weight excluding hydrogens is 224 g/mol. The summed E-state index contributed by atoms with van der Waals surface area (Å²) in [5, 5.41) is 9.45. The number of carboxylic acids is 1. The first-order chi connectivity index (χ1) is 8.73. The first-order valence-corrected chi connectivity index (χ1v) is 6.68. The zero-order chi connectivity index (χ0) is 12.8. The standard InChI is InChI=1S/C16H20O2/c17-15(18)16(11-5-2-6-12-16)13-7-10-14-8-3-1-4-9-14/h1,3-4,7-10H,2,5-6,11-13H2,(H,17,18)/b10-7+. The maximum absolute atomic E-state index is 11.5. The number of hydrogen-bond acceptors (Lipinski definition) is 1. The SMILES string of the molecule is O=C(O)C1(C/C=C/c2ccccc2)CCCCC1. The van der Waals surface area contributed by atoms with Crippen molar-refractivity contribution in [2.24, 2.45) is 5.41 Å². The molecule has 2 nitrogen and oxygen atoms in total. The molecule has 1 fully saturated rings. The third kappa shape index (κ3) is 3.00. The minimum absolute atomic E-state index is 0.510. The Bertz CT molecular complexity index is 414. The van der Waals surface area contributed by atoms with Crippen LogP contribution >= 0.6 is 0 Å². The third-order valence-electron chi connectivity index (χ3n) is 3.88. The van der Waals surface area contributed by atoms with Crippen LogP contribution in [0.15, 0.2) is 36.4 Å². The minimum Gasteiger partial charge on any atom is -0.481 e. The van der Waals surface area contributed by atoms with Gasteiger partial charge < -0.3 is 5.11 Å². The van der Waals surface area contributed by atoms with E-state index in [9.17, 15) is 9.90 Å². The van der Waals surface area contributed by atoms with Crippen LogP contribution < -0.4 is 0 Å². The number of aliphatic carboxylic acids is 1. The summed E-state index contributed by atoms with van der Waals surface area (Å²) >= 11 is 0. The second kappa shape index (κ2) is 5.85. The lowest BCUT2D eigenvalue weighted by atomic mass is 9.72. The Morgan fingerprint density at radius 1 is 1.17 bits per heavy atom. The summed E-state index contributed by atoms with van der Waals surface area (Å²) in [5.74, 6) is -0.625. The zero-order valence-corrected chi connectivity index (χ0v) is 10.6. The van der Waals surface area contributed by atoms with E-state index in [-0.39, 0.29) is 0 Å². The lowest BCUT2D eigenvalue weighted by molar-refractivity contribution is -0.150. The molecule has 0 amide bonds. The summed E-state index contributed by atoms with van der Waals surface area (Å²) in [6.45, 7) is 0. The van der Waals surface area contributed by atoms with E-state index < -0.39 is 11.4 Å². The van der Waals surface area contributed by atoms with Crippen molar-refractivity contribution in [3.8, 4) is 0 Å². The molecule has 1 N–H and O–H groups in total. The number of allylic oxidation sites excluding steroid dienone is 1. The topological polar surface area (TPSA) is 37.3 Å². The molecule has 0 unspecified atom stereocenters. The molecule has 0 spiro atoms. The van der Waals surface area contributed by atoms with Crippen LogP contribution in [0.1, 0.15) is 44.1 Å². The number of benzene rings is 1. The summed E-state index contributed by atoms with van der Waals surface area (Å²) in [6, 6.07) is 10.0. The van der Waals surface area contributed by atoms with Crippen LogP contribution in [0, 0.1) is 5.41 Å². The summed E-state index contributed by atoms with van der Waals surface area (Å²) in [6.07, 6.45) is 9.61. The van der Waals surface area contributed by atoms with Gasteiger partial charge in [0.15, 0.2) is 0 Å². The molecular formula is C16H20O2. The third-order valence-corrected chi connectivity index (χ3v) is 3.88. The minimum atomic E-state index is -0.625. The van der Waals surface area contributed by atoms with E-state index >= 15 is 0 Å². The van der Waals surface area contributed by atoms with Crippen LogP contribution in [0.25, 0.3) is 6.08 Å². The second-order valence-corrected chi connectivity index (χ2v) is 5.16. The van der Waals surface area contributed by atoms with Crippen LogP contribution in [-0.2, 0) is 4.79 Å². The van der Waals surface area contributed by atoms with Gasteiger partial charge in [0.1, 0.15) is 0 Å². The molecule has 1 aromatic rings. The molecule has 2 heteroatoms. The number of rotatable bonds is 4. The van der Waals surface area contributed by atoms with E-state index in [1.165, 1.54) is 6.42 Å². The van der Waals surface area contributed by atoms with Gasteiger partial charge in [-0.15, -0.1) is 0 Å². The number of carbonyl (C=O) groups is 1. The van der Waals surface area contributed by atoms with Crippen molar-refractivity contribution >= 4 is 12.0 Å². The van der Waals surface area contributed by atoms with Crippen molar-refractivity contribution < 1.29 is 9.90 Å². The van der Waals surface area contributed by atoms with Gasteiger partial charge in [-0.2, -0.15) is 0 Å². The van der Waals surface area contributed by atoms with Crippen molar-refractivity contribution in [1.82, 2.24) is 0 Å². The van der Waals surface area contributed by atoms with Crippen LogP contribution in [0.3, 0.4) is 0 Å². The van der Waals surface area contributed by atoms with Gasteiger partial charge >= 0.3 is 5.97 Å². The molecule has 0 saturated heterocycles. The Labute approximate surface area is 108 Å². The second-order valence-electron chi connectivity index (χ2n) is 5.16. The largest absolute Gasteiger partial charge is 0.481 e. The Hall–Kier alpha value is -1.57. The van der Waals surface area contributed by atoms with E-state index in [4.69, 9.17) is 0 Å². The fraction of sp³-hybridized carbons (Fsp3) is 0.438. The lowest BCUT2D eigenvalue weighted by Gasteiger charge is -2.32. The lowest BCUT2D eigenvalue weighted by Crippen LogP contribution is -2.32. The predicted molar refractivity (Wildman–Crippen MR) is 73.2 cm³/mol. The molecule has 18 heavy (non-hydrogen) atoms. The quantitative estimate of drug-likeness (QED) is 0.864. The van der Waals surface area contributed by atoms with Gasteiger partial charge in [-0.1, -0.05) is 61.7 Å². The molecule has 1 aromatic carbocycles. The predicted octanol–water partition coefficient (Wildman–Crippen LogP) is 4.13. The highest BCUT2D eigenvalue weighted by Gasteiger charge is 2.38. The smallest absolute Gasteiger partial charge is 0.309 e. The van der Waals surface area contributed by atoms with Crippen LogP contribution in [0.4, 0.5) is 0 Å². The van der Waals surface area contributed by atoms with Crippen LogP contribution in [0.5, 0.6) is 0 Å². The fourth-order valence-electron chi connectivity index (χ4n) is 2.72. The molecule has 0 bridgehead atoms. The van der Waals surface area contributed by atoms with Crippen molar-refractivity contribution in [3.05, 3.63) is 42.0 Å². The Morgan fingerprint density at radius 2 is 1.83 bits per heavy atom. The van der Waals surface area contributed by atoms with Crippen molar-refractivity contribution in [1.29, 1.82) is 0 Å². The van der Waals surface area contributed by atoms with Gasteiger partial charge in [0, 0.05) is 0 Å². The molecule has 1 aliphatic rings. The van der Waals surface area contributed by atoms with Crippen molar-refractivity contribution in [3.63, 3.8) is 0 Å². The normalized spacial score (nSPS) is 18.9. The van der Waals surface area contributed by atoms with Gasteiger partial charge in [-0.25, -0.2) is 0 Å². The molecule has 0 atom stereocenters. The Kier molecular flexibility index (Phi) is 4.19. The molecule has 0 radical (unpaired) electrons. The molecule has 0 aromatic heterocycles. The fourth-order valence-corrected chi connectivity index (χ4v) is 2.72. The van der Waals surface area contributed by atoms with Crippen molar-refractivity contribution in [2.45, 2.75) is 38.5 Å². The van der Waals surface area contributed by atoms with Crippen LogP contribution in [0.2, 0.25) is 0 Å². The van der Waals surface area contributed by atoms with Crippen LogP contribution in [-0.4, -0.2) is 11.1 Å². The summed E-state index contributed by atoms with van der Waals surface area (Å²) in [4.78, 5) is 11.5.